The SMILES string of the molecule is CCO[C@@H]1C[C@H](C(=O)OCc2ccccc2)c2c(n(C(=O)OC(C)(C)C)c3ccc(Cl)cc23)O1. The van der Waals surface area contributed by atoms with Crippen LogP contribution in [-0.2, 0) is 25.6 Å². The first-order valence-electron chi connectivity index (χ1n) is 11.2. The number of esters is 1. The van der Waals surface area contributed by atoms with Gasteiger partial charge in [-0.25, -0.2) is 9.36 Å². The Balaban J connectivity index is 1.79. The quantitative estimate of drug-likeness (QED) is 0.409. The predicted octanol–water partition coefficient (Wildman–Crippen LogP) is 6.05. The standard InChI is InChI=1S/C26H28ClNO6/c1-5-31-21-14-19(24(29)32-15-16-9-7-6-8-10-16)22-18-13-17(27)11-12-20(18)28(23(22)33-21)25(30)34-26(2,3)4/h6-13,19,21H,5,14-15H2,1-4H3/t19-,21-/m0/s1. The van der Waals surface area contributed by atoms with Gasteiger partial charge in [0.25, 0.3) is 0 Å². The van der Waals surface area contributed by atoms with Crippen molar-refractivity contribution in [2.45, 2.75) is 58.5 Å². The van der Waals surface area contributed by atoms with Gasteiger partial charge in [0.15, 0.2) is 0 Å². The van der Waals surface area contributed by atoms with Crippen molar-refractivity contribution in [3.8, 4) is 5.88 Å². The molecule has 0 saturated heterocycles. The molecule has 3 aromatic rings. The van der Waals surface area contributed by atoms with E-state index < -0.39 is 29.9 Å². The second-order valence-corrected chi connectivity index (χ2v) is 9.52. The lowest BCUT2D eigenvalue weighted by Gasteiger charge is -2.30. The maximum absolute atomic E-state index is 13.3. The smallest absolute Gasteiger partial charge is 0.421 e. The number of hydrogen-bond donors (Lipinski definition) is 0. The number of carbonyl (C=O) groups is 2. The lowest BCUT2D eigenvalue weighted by atomic mass is 9.92. The molecule has 0 radical (unpaired) electrons. The average molecular weight is 486 g/mol. The van der Waals surface area contributed by atoms with Crippen LogP contribution in [0.4, 0.5) is 4.79 Å². The molecule has 0 amide bonds. The van der Waals surface area contributed by atoms with Gasteiger partial charge in [-0.1, -0.05) is 41.9 Å². The van der Waals surface area contributed by atoms with E-state index in [1.165, 1.54) is 4.57 Å². The minimum atomic E-state index is -0.729. The van der Waals surface area contributed by atoms with Crippen LogP contribution in [0.25, 0.3) is 10.9 Å². The highest BCUT2D eigenvalue weighted by Crippen LogP contribution is 2.45. The fourth-order valence-electron chi connectivity index (χ4n) is 4.02. The van der Waals surface area contributed by atoms with Crippen LogP contribution in [0, 0.1) is 0 Å². The molecule has 0 aliphatic carbocycles. The summed E-state index contributed by atoms with van der Waals surface area (Å²) in [5, 5.41) is 1.10. The van der Waals surface area contributed by atoms with E-state index in [1.54, 1.807) is 39.0 Å². The van der Waals surface area contributed by atoms with Gasteiger partial charge in [0.2, 0.25) is 12.2 Å². The van der Waals surface area contributed by atoms with E-state index in [0.717, 1.165) is 5.56 Å². The Bertz CT molecular complexity index is 1200. The van der Waals surface area contributed by atoms with Crippen LogP contribution in [0.5, 0.6) is 5.88 Å². The fourth-order valence-corrected chi connectivity index (χ4v) is 4.19. The maximum Gasteiger partial charge on any atom is 0.421 e. The molecule has 8 heteroatoms. The number of aromatic nitrogens is 1. The number of rotatable bonds is 5. The van der Waals surface area contributed by atoms with Crippen molar-refractivity contribution in [2.24, 2.45) is 0 Å². The summed E-state index contributed by atoms with van der Waals surface area (Å²) in [6, 6.07) is 14.6. The molecular weight excluding hydrogens is 458 g/mol. The molecule has 2 aromatic carbocycles. The zero-order valence-corrected chi connectivity index (χ0v) is 20.4. The van der Waals surface area contributed by atoms with E-state index in [2.05, 4.69) is 0 Å². The lowest BCUT2D eigenvalue weighted by Crippen LogP contribution is -2.34. The van der Waals surface area contributed by atoms with Crippen molar-refractivity contribution >= 4 is 34.6 Å². The minimum absolute atomic E-state index is 0.136. The first kappa shape index (κ1) is 24.1. The summed E-state index contributed by atoms with van der Waals surface area (Å²) in [4.78, 5) is 26.5. The van der Waals surface area contributed by atoms with Gasteiger partial charge in [-0.3, -0.25) is 4.79 Å². The van der Waals surface area contributed by atoms with Gasteiger partial charge >= 0.3 is 12.1 Å². The van der Waals surface area contributed by atoms with Gasteiger partial charge in [-0.2, -0.15) is 0 Å². The number of benzene rings is 2. The Labute approximate surface area is 203 Å². The summed E-state index contributed by atoms with van der Waals surface area (Å²) in [5.74, 6) is -0.937. The van der Waals surface area contributed by atoms with Crippen molar-refractivity contribution in [3.05, 3.63) is 64.7 Å². The summed E-state index contributed by atoms with van der Waals surface area (Å²) >= 11 is 6.30. The van der Waals surface area contributed by atoms with Crippen molar-refractivity contribution in [1.29, 1.82) is 0 Å². The topological polar surface area (TPSA) is 76.0 Å². The van der Waals surface area contributed by atoms with Gasteiger partial charge in [0.05, 0.1) is 11.4 Å². The Morgan fingerprint density at radius 2 is 1.88 bits per heavy atom. The van der Waals surface area contributed by atoms with Crippen LogP contribution in [0.1, 0.15) is 51.2 Å². The molecule has 0 bridgehead atoms. The first-order chi connectivity index (χ1) is 16.2. The average Bonchev–Trinajstić information content (AvgIpc) is 3.10. The third-order valence-electron chi connectivity index (χ3n) is 5.38. The Kier molecular flexibility index (Phi) is 6.86. The molecule has 7 nitrogen and oxygen atoms in total. The van der Waals surface area contributed by atoms with E-state index >= 15 is 0 Å². The van der Waals surface area contributed by atoms with Crippen molar-refractivity contribution in [1.82, 2.24) is 4.57 Å². The van der Waals surface area contributed by atoms with Gasteiger partial charge in [0, 0.05) is 29.0 Å². The summed E-state index contributed by atoms with van der Waals surface area (Å²) in [6.07, 6.45) is -1.10. The second kappa shape index (κ2) is 9.68. The van der Waals surface area contributed by atoms with E-state index in [-0.39, 0.29) is 18.9 Å². The molecular formula is C26H28ClNO6. The van der Waals surface area contributed by atoms with Gasteiger partial charge in [-0.05, 0) is 51.5 Å². The van der Waals surface area contributed by atoms with Gasteiger partial charge in [-0.15, -0.1) is 0 Å². The highest BCUT2D eigenvalue weighted by atomic mass is 35.5. The Hall–Kier alpha value is -3.03. The van der Waals surface area contributed by atoms with E-state index in [9.17, 15) is 9.59 Å². The molecule has 4 rings (SSSR count). The molecule has 0 N–H and O–H groups in total. The monoisotopic (exact) mass is 485 g/mol. The molecule has 1 aromatic heterocycles. The fraction of sp³-hybridized carbons (Fsp3) is 0.385. The van der Waals surface area contributed by atoms with E-state index in [4.69, 9.17) is 30.5 Å². The molecule has 1 aliphatic heterocycles. The molecule has 0 saturated carbocycles. The number of carbonyl (C=O) groups excluding carboxylic acids is 2. The van der Waals surface area contributed by atoms with E-state index in [0.29, 0.717) is 28.1 Å². The summed E-state index contributed by atoms with van der Waals surface area (Å²) in [6.45, 7) is 7.71. The molecule has 180 valence electrons. The molecule has 0 spiro atoms. The van der Waals surface area contributed by atoms with Crippen LogP contribution in [0.15, 0.2) is 48.5 Å². The highest BCUT2D eigenvalue weighted by Gasteiger charge is 2.41. The molecule has 2 heterocycles. The summed E-state index contributed by atoms with van der Waals surface area (Å²) in [7, 11) is 0. The summed E-state index contributed by atoms with van der Waals surface area (Å²) in [5.41, 5.74) is 1.22. The zero-order chi connectivity index (χ0) is 24.5. The Morgan fingerprint density at radius 1 is 1.15 bits per heavy atom. The molecule has 0 fully saturated rings. The number of fused-ring (bicyclic) bond motifs is 3. The van der Waals surface area contributed by atoms with Crippen LogP contribution in [0.3, 0.4) is 0 Å². The largest absolute Gasteiger partial charge is 0.460 e. The zero-order valence-electron chi connectivity index (χ0n) is 19.7. The van der Waals surface area contributed by atoms with Crippen molar-refractivity contribution in [3.63, 3.8) is 0 Å². The second-order valence-electron chi connectivity index (χ2n) is 9.08. The van der Waals surface area contributed by atoms with Crippen molar-refractivity contribution < 1.29 is 28.5 Å². The third kappa shape index (κ3) is 5.05. The molecule has 1 aliphatic rings. The van der Waals surface area contributed by atoms with Crippen molar-refractivity contribution in [2.75, 3.05) is 6.61 Å². The minimum Gasteiger partial charge on any atom is -0.460 e. The molecule has 34 heavy (non-hydrogen) atoms. The number of halogens is 1. The van der Waals surface area contributed by atoms with Crippen LogP contribution >= 0.6 is 11.6 Å². The normalized spacial score (nSPS) is 17.7. The number of nitrogens with zero attached hydrogens (tertiary/aromatic N) is 1. The Morgan fingerprint density at radius 3 is 2.56 bits per heavy atom. The van der Waals surface area contributed by atoms with Gasteiger partial charge in [0.1, 0.15) is 12.2 Å². The summed E-state index contributed by atoms with van der Waals surface area (Å²) < 4.78 is 24.5. The first-order valence-corrected chi connectivity index (χ1v) is 11.6. The van der Waals surface area contributed by atoms with E-state index in [1.807, 2.05) is 37.3 Å². The third-order valence-corrected chi connectivity index (χ3v) is 5.62. The molecule has 2 atom stereocenters. The number of ether oxygens (including phenoxy) is 4. The van der Waals surface area contributed by atoms with Crippen LogP contribution in [-0.4, -0.2) is 35.1 Å². The predicted molar refractivity (Wildman–Crippen MR) is 128 cm³/mol. The lowest BCUT2D eigenvalue weighted by molar-refractivity contribution is -0.153. The number of hydrogen-bond acceptors (Lipinski definition) is 6. The highest BCUT2D eigenvalue weighted by molar-refractivity contribution is 6.31. The van der Waals surface area contributed by atoms with Crippen LogP contribution < -0.4 is 4.74 Å². The van der Waals surface area contributed by atoms with Crippen LogP contribution in [0.2, 0.25) is 5.02 Å². The molecule has 0 unspecified atom stereocenters. The maximum atomic E-state index is 13.3. The van der Waals surface area contributed by atoms with Gasteiger partial charge < -0.3 is 18.9 Å².